The maximum atomic E-state index is 11.4. The van der Waals surface area contributed by atoms with Crippen molar-refractivity contribution in [2.45, 2.75) is 10.9 Å². The summed E-state index contributed by atoms with van der Waals surface area (Å²) in [5, 5.41) is 20.2. The van der Waals surface area contributed by atoms with Gasteiger partial charge in [0, 0.05) is 9.92 Å². The van der Waals surface area contributed by atoms with Gasteiger partial charge in [-0.3, -0.25) is 4.79 Å². The van der Waals surface area contributed by atoms with Gasteiger partial charge in [-0.2, -0.15) is 0 Å². The Balaban J connectivity index is 2.41. The first kappa shape index (κ1) is 14.8. The molecule has 1 aromatic rings. The van der Waals surface area contributed by atoms with Crippen molar-refractivity contribution in [3.8, 4) is 0 Å². The fraction of sp³-hybridized carbons (Fsp3) is 0.273. The zero-order valence-corrected chi connectivity index (χ0v) is 10.9. The first-order chi connectivity index (χ1) is 8.52. The molecule has 0 fully saturated rings. The van der Waals surface area contributed by atoms with E-state index in [1.165, 1.54) is 11.8 Å². The Morgan fingerprint density at radius 3 is 2.44 bits per heavy atom. The molecule has 0 aliphatic rings. The Hall–Kier alpha value is -1.24. The third-order valence-electron chi connectivity index (χ3n) is 2.00. The number of aliphatic hydroxyl groups excluding tert-OH is 1. The van der Waals surface area contributed by atoms with Crippen LogP contribution in [0.4, 0.5) is 0 Å². The molecule has 0 aliphatic heterocycles. The summed E-state index contributed by atoms with van der Waals surface area (Å²) in [5.74, 6) is -1.63. The molecule has 0 saturated carbocycles. The lowest BCUT2D eigenvalue weighted by Crippen LogP contribution is -2.44. The largest absolute Gasteiger partial charge is 0.480 e. The van der Waals surface area contributed by atoms with Gasteiger partial charge in [0.2, 0.25) is 5.91 Å². The molecule has 18 heavy (non-hydrogen) atoms. The maximum Gasteiger partial charge on any atom is 0.328 e. The Labute approximate surface area is 113 Å². The molecule has 1 amide bonds. The first-order valence-corrected chi connectivity index (χ1v) is 6.40. The number of carbonyl (C=O) groups excluding carboxylic acids is 1. The number of aliphatic hydroxyl groups is 1. The van der Waals surface area contributed by atoms with Gasteiger partial charge < -0.3 is 15.5 Å². The first-order valence-electron chi connectivity index (χ1n) is 5.04. The molecule has 1 atom stereocenters. The van der Waals surface area contributed by atoms with Gasteiger partial charge in [0.25, 0.3) is 0 Å². The van der Waals surface area contributed by atoms with E-state index in [0.717, 1.165) is 4.90 Å². The number of thioether (sulfide) groups is 1. The van der Waals surface area contributed by atoms with Crippen molar-refractivity contribution in [3.63, 3.8) is 0 Å². The number of carboxylic acid groups (broad SMARTS) is 1. The highest BCUT2D eigenvalue weighted by atomic mass is 35.5. The van der Waals surface area contributed by atoms with Crippen LogP contribution in [-0.2, 0) is 9.59 Å². The van der Waals surface area contributed by atoms with Crippen LogP contribution in [0.25, 0.3) is 0 Å². The van der Waals surface area contributed by atoms with Crippen molar-refractivity contribution in [3.05, 3.63) is 29.3 Å². The van der Waals surface area contributed by atoms with Gasteiger partial charge >= 0.3 is 5.97 Å². The molecule has 0 aromatic heterocycles. The van der Waals surface area contributed by atoms with Gasteiger partial charge in [-0.15, -0.1) is 11.8 Å². The third kappa shape index (κ3) is 4.95. The van der Waals surface area contributed by atoms with Crippen LogP contribution in [0.15, 0.2) is 29.2 Å². The number of hydrogen-bond acceptors (Lipinski definition) is 4. The van der Waals surface area contributed by atoms with Crippen LogP contribution in [0.2, 0.25) is 5.02 Å². The van der Waals surface area contributed by atoms with Crippen molar-refractivity contribution >= 4 is 35.2 Å². The van der Waals surface area contributed by atoms with Gasteiger partial charge in [-0.1, -0.05) is 11.6 Å². The molecule has 1 aromatic carbocycles. The number of benzene rings is 1. The lowest BCUT2D eigenvalue weighted by Gasteiger charge is -2.11. The lowest BCUT2D eigenvalue weighted by molar-refractivity contribution is -0.142. The lowest BCUT2D eigenvalue weighted by atomic mass is 10.3. The molecule has 3 N–H and O–H groups in total. The summed E-state index contributed by atoms with van der Waals surface area (Å²) in [6.07, 6.45) is 0. The molecular formula is C11H12ClNO4S. The third-order valence-corrected chi connectivity index (χ3v) is 3.26. The van der Waals surface area contributed by atoms with E-state index < -0.39 is 24.5 Å². The molecule has 0 spiro atoms. The van der Waals surface area contributed by atoms with E-state index in [4.69, 9.17) is 21.8 Å². The molecule has 98 valence electrons. The highest BCUT2D eigenvalue weighted by Crippen LogP contribution is 2.19. The van der Waals surface area contributed by atoms with Gasteiger partial charge in [0.15, 0.2) is 0 Å². The minimum atomic E-state index is -1.26. The van der Waals surface area contributed by atoms with Crippen molar-refractivity contribution in [1.82, 2.24) is 5.32 Å². The normalized spacial score (nSPS) is 11.9. The van der Waals surface area contributed by atoms with Crippen LogP contribution < -0.4 is 5.32 Å². The summed E-state index contributed by atoms with van der Waals surface area (Å²) in [5.41, 5.74) is 0. The van der Waals surface area contributed by atoms with Gasteiger partial charge in [0.1, 0.15) is 6.04 Å². The number of aliphatic carboxylic acids is 1. The fourth-order valence-electron chi connectivity index (χ4n) is 1.10. The number of nitrogens with one attached hydrogen (secondary N) is 1. The Morgan fingerprint density at radius 1 is 1.33 bits per heavy atom. The van der Waals surface area contributed by atoms with E-state index in [1.807, 2.05) is 0 Å². The average molecular weight is 290 g/mol. The van der Waals surface area contributed by atoms with Crippen molar-refractivity contribution < 1.29 is 19.8 Å². The smallest absolute Gasteiger partial charge is 0.328 e. The quantitative estimate of drug-likeness (QED) is 0.680. The molecule has 0 aliphatic carbocycles. The number of rotatable bonds is 6. The van der Waals surface area contributed by atoms with Crippen molar-refractivity contribution in [1.29, 1.82) is 0 Å². The number of carboxylic acids is 1. The highest BCUT2D eigenvalue weighted by Gasteiger charge is 2.18. The van der Waals surface area contributed by atoms with Crippen LogP contribution in [0.3, 0.4) is 0 Å². The van der Waals surface area contributed by atoms with E-state index in [2.05, 4.69) is 5.32 Å². The Kier molecular flexibility index (Phi) is 5.97. The van der Waals surface area contributed by atoms with E-state index in [1.54, 1.807) is 24.3 Å². The number of halogens is 1. The Bertz CT molecular complexity index is 424. The standard InChI is InChI=1S/C11H12ClNO4S/c12-7-1-3-8(4-2-7)18-6-10(15)13-9(5-14)11(16)17/h1-4,9,14H,5-6H2,(H,13,15)(H,16,17)/t9-/m1/s1. The van der Waals surface area contributed by atoms with E-state index in [9.17, 15) is 9.59 Å². The monoisotopic (exact) mass is 289 g/mol. The minimum Gasteiger partial charge on any atom is -0.480 e. The van der Waals surface area contributed by atoms with Crippen LogP contribution in [0.1, 0.15) is 0 Å². The Morgan fingerprint density at radius 2 is 1.94 bits per heavy atom. The van der Waals surface area contributed by atoms with Gasteiger partial charge in [-0.25, -0.2) is 4.79 Å². The SMILES string of the molecule is O=C(CSc1ccc(Cl)cc1)N[C@H](CO)C(=O)O. The molecule has 1 rings (SSSR count). The zero-order chi connectivity index (χ0) is 13.5. The van der Waals surface area contributed by atoms with Crippen molar-refractivity contribution in [2.24, 2.45) is 0 Å². The molecular weight excluding hydrogens is 278 g/mol. The van der Waals surface area contributed by atoms with E-state index >= 15 is 0 Å². The summed E-state index contributed by atoms with van der Waals surface area (Å²) in [4.78, 5) is 22.9. The molecule has 5 nitrogen and oxygen atoms in total. The number of hydrogen-bond donors (Lipinski definition) is 3. The summed E-state index contributed by atoms with van der Waals surface area (Å²) in [6, 6.07) is 5.68. The average Bonchev–Trinajstić information content (AvgIpc) is 2.35. The molecule has 0 saturated heterocycles. The topological polar surface area (TPSA) is 86.6 Å². The van der Waals surface area contributed by atoms with Crippen LogP contribution >= 0.6 is 23.4 Å². The molecule has 7 heteroatoms. The predicted octanol–water partition coefficient (Wildman–Crippen LogP) is 0.994. The maximum absolute atomic E-state index is 11.4. The minimum absolute atomic E-state index is 0.0748. The summed E-state index contributed by atoms with van der Waals surface area (Å²) in [6.45, 7) is -0.632. The second kappa shape index (κ2) is 7.25. The van der Waals surface area contributed by atoms with E-state index in [0.29, 0.717) is 5.02 Å². The molecule has 0 heterocycles. The zero-order valence-electron chi connectivity index (χ0n) is 9.30. The summed E-state index contributed by atoms with van der Waals surface area (Å²) in [7, 11) is 0. The van der Waals surface area contributed by atoms with Crippen LogP contribution in [-0.4, -0.2) is 40.5 Å². The van der Waals surface area contributed by atoms with Crippen LogP contribution in [0.5, 0.6) is 0 Å². The molecule has 0 radical (unpaired) electrons. The predicted molar refractivity (Wildman–Crippen MR) is 68.8 cm³/mol. The fourth-order valence-corrected chi connectivity index (χ4v) is 1.94. The molecule has 0 unspecified atom stereocenters. The second-order valence-electron chi connectivity index (χ2n) is 3.38. The van der Waals surface area contributed by atoms with Crippen molar-refractivity contribution in [2.75, 3.05) is 12.4 Å². The summed E-state index contributed by atoms with van der Waals surface area (Å²) < 4.78 is 0. The van der Waals surface area contributed by atoms with Gasteiger partial charge in [-0.05, 0) is 24.3 Å². The second-order valence-corrected chi connectivity index (χ2v) is 4.87. The molecule has 0 bridgehead atoms. The van der Waals surface area contributed by atoms with Gasteiger partial charge in [0.05, 0.1) is 12.4 Å². The van der Waals surface area contributed by atoms with E-state index in [-0.39, 0.29) is 5.75 Å². The number of amides is 1. The highest BCUT2D eigenvalue weighted by molar-refractivity contribution is 8.00. The number of carbonyl (C=O) groups is 2. The van der Waals surface area contributed by atoms with Crippen LogP contribution in [0, 0.1) is 0 Å². The summed E-state index contributed by atoms with van der Waals surface area (Å²) >= 11 is 6.97.